The van der Waals surface area contributed by atoms with Gasteiger partial charge in [-0.2, -0.15) is 15.0 Å². The quantitative estimate of drug-likeness (QED) is 0.453. The average molecular weight is 474 g/mol. The summed E-state index contributed by atoms with van der Waals surface area (Å²) in [5, 5.41) is 0.964. The molecule has 1 amide bonds. The Kier molecular flexibility index (Phi) is 6.28. The van der Waals surface area contributed by atoms with Crippen molar-refractivity contribution in [1.82, 2.24) is 29.8 Å². The molecule has 1 fully saturated rings. The number of ether oxygens (including phenoxy) is 2. The van der Waals surface area contributed by atoms with Gasteiger partial charge in [0.25, 0.3) is 5.91 Å². The lowest BCUT2D eigenvalue weighted by Gasteiger charge is -2.35. The van der Waals surface area contributed by atoms with E-state index in [1.165, 1.54) is 4.90 Å². The number of anilines is 1. The average Bonchev–Trinajstić information content (AvgIpc) is 3.36. The van der Waals surface area contributed by atoms with E-state index in [-0.39, 0.29) is 18.0 Å². The highest BCUT2D eigenvalue weighted by atomic mass is 16.5. The highest BCUT2D eigenvalue weighted by Crippen LogP contribution is 2.27. The van der Waals surface area contributed by atoms with E-state index in [4.69, 9.17) is 14.5 Å². The minimum Gasteiger partial charge on any atom is -0.424 e. The van der Waals surface area contributed by atoms with Crippen LogP contribution in [-0.4, -0.2) is 75.6 Å². The molecule has 10 heteroatoms. The fraction of sp³-hybridized carbons (Fsp3) is 0.320. The SMILES string of the molecule is CC[C@H]1COCCN1c1nc(Oc2ccc(C(=O)N(C)C)cc2)nc(-c2cnc3[nH]ccc3c2)n1. The van der Waals surface area contributed by atoms with E-state index in [0.717, 1.165) is 23.0 Å². The van der Waals surface area contributed by atoms with Crippen LogP contribution in [0, 0.1) is 0 Å². The predicted molar refractivity (Wildman–Crippen MR) is 132 cm³/mol. The van der Waals surface area contributed by atoms with Crippen molar-refractivity contribution in [2.45, 2.75) is 19.4 Å². The lowest BCUT2D eigenvalue weighted by Crippen LogP contribution is -2.46. The van der Waals surface area contributed by atoms with Gasteiger partial charge in [-0.05, 0) is 42.8 Å². The van der Waals surface area contributed by atoms with Crippen LogP contribution in [0.5, 0.6) is 11.8 Å². The van der Waals surface area contributed by atoms with E-state index in [1.54, 1.807) is 44.6 Å². The van der Waals surface area contributed by atoms with Crippen molar-refractivity contribution in [3.63, 3.8) is 0 Å². The zero-order chi connectivity index (χ0) is 24.4. The van der Waals surface area contributed by atoms with Crippen LogP contribution >= 0.6 is 0 Å². The van der Waals surface area contributed by atoms with E-state index < -0.39 is 0 Å². The number of carbonyl (C=O) groups excluding carboxylic acids is 1. The Labute approximate surface area is 203 Å². The Morgan fingerprint density at radius 2 is 2.03 bits per heavy atom. The number of rotatable bonds is 6. The van der Waals surface area contributed by atoms with Crippen LogP contribution in [-0.2, 0) is 4.74 Å². The maximum absolute atomic E-state index is 12.2. The molecule has 1 N–H and O–H groups in total. The summed E-state index contributed by atoms with van der Waals surface area (Å²) in [5.74, 6) is 1.46. The summed E-state index contributed by atoms with van der Waals surface area (Å²) in [6.45, 7) is 4.02. The van der Waals surface area contributed by atoms with Crippen LogP contribution in [0.2, 0.25) is 0 Å². The number of H-pyrrole nitrogens is 1. The number of fused-ring (bicyclic) bond motifs is 1. The zero-order valence-corrected chi connectivity index (χ0v) is 19.9. The highest BCUT2D eigenvalue weighted by Gasteiger charge is 2.26. The largest absolute Gasteiger partial charge is 0.424 e. The Morgan fingerprint density at radius 1 is 1.20 bits per heavy atom. The van der Waals surface area contributed by atoms with Gasteiger partial charge in [-0.1, -0.05) is 6.92 Å². The monoisotopic (exact) mass is 473 g/mol. The summed E-state index contributed by atoms with van der Waals surface area (Å²) in [4.78, 5) is 37.5. The molecule has 4 heterocycles. The van der Waals surface area contributed by atoms with Gasteiger partial charge in [0, 0.05) is 49.5 Å². The first-order valence-electron chi connectivity index (χ1n) is 11.6. The number of nitrogens with zero attached hydrogens (tertiary/aromatic N) is 6. The molecule has 1 aliphatic rings. The molecule has 180 valence electrons. The van der Waals surface area contributed by atoms with Gasteiger partial charge in [-0.15, -0.1) is 0 Å². The number of carbonyl (C=O) groups is 1. The molecule has 0 unspecified atom stereocenters. The first-order chi connectivity index (χ1) is 17.0. The van der Waals surface area contributed by atoms with E-state index in [1.807, 2.05) is 18.3 Å². The van der Waals surface area contributed by atoms with Crippen molar-refractivity contribution >= 4 is 22.9 Å². The highest BCUT2D eigenvalue weighted by molar-refractivity contribution is 5.93. The molecule has 0 bridgehead atoms. The molecular weight excluding hydrogens is 446 g/mol. The lowest BCUT2D eigenvalue weighted by atomic mass is 10.2. The minimum absolute atomic E-state index is 0.0770. The summed E-state index contributed by atoms with van der Waals surface area (Å²) in [6.07, 6.45) is 4.48. The summed E-state index contributed by atoms with van der Waals surface area (Å²) < 4.78 is 11.7. The third-order valence-electron chi connectivity index (χ3n) is 5.93. The van der Waals surface area contributed by atoms with Gasteiger partial charge in [-0.25, -0.2) is 4.98 Å². The van der Waals surface area contributed by atoms with Crippen LogP contribution in [0.25, 0.3) is 22.4 Å². The maximum atomic E-state index is 12.2. The Balaban J connectivity index is 1.52. The minimum atomic E-state index is -0.0770. The van der Waals surface area contributed by atoms with Gasteiger partial charge >= 0.3 is 6.01 Å². The van der Waals surface area contributed by atoms with Gasteiger partial charge in [0.2, 0.25) is 5.95 Å². The molecule has 1 aliphatic heterocycles. The zero-order valence-electron chi connectivity index (χ0n) is 19.9. The smallest absolute Gasteiger partial charge is 0.327 e. The summed E-state index contributed by atoms with van der Waals surface area (Å²) in [5.41, 5.74) is 2.13. The van der Waals surface area contributed by atoms with E-state index in [9.17, 15) is 4.79 Å². The molecule has 35 heavy (non-hydrogen) atoms. The van der Waals surface area contributed by atoms with E-state index in [0.29, 0.717) is 42.8 Å². The number of nitrogens with one attached hydrogen (secondary N) is 1. The van der Waals surface area contributed by atoms with Crippen LogP contribution in [0.4, 0.5) is 5.95 Å². The van der Waals surface area contributed by atoms with Crippen LogP contribution in [0.3, 0.4) is 0 Å². The molecule has 4 aromatic rings. The number of hydrogen-bond acceptors (Lipinski definition) is 8. The molecule has 3 aromatic heterocycles. The molecule has 1 atom stereocenters. The first kappa shape index (κ1) is 22.7. The summed E-state index contributed by atoms with van der Waals surface area (Å²) in [7, 11) is 3.44. The summed E-state index contributed by atoms with van der Waals surface area (Å²) in [6, 6.07) is 11.2. The summed E-state index contributed by atoms with van der Waals surface area (Å²) >= 11 is 0. The maximum Gasteiger partial charge on any atom is 0.327 e. The number of morpholine rings is 1. The topological polar surface area (TPSA) is 109 Å². The van der Waals surface area contributed by atoms with Crippen LogP contribution in [0.15, 0.2) is 48.8 Å². The molecule has 1 saturated heterocycles. The van der Waals surface area contributed by atoms with Gasteiger partial charge < -0.3 is 24.3 Å². The molecule has 5 rings (SSSR count). The molecule has 1 aromatic carbocycles. The Bertz CT molecular complexity index is 1340. The number of benzene rings is 1. The van der Waals surface area contributed by atoms with Gasteiger partial charge in [0.05, 0.1) is 19.3 Å². The fourth-order valence-electron chi connectivity index (χ4n) is 4.00. The number of amides is 1. The molecule has 0 radical (unpaired) electrons. The fourth-order valence-corrected chi connectivity index (χ4v) is 4.00. The number of aromatic amines is 1. The van der Waals surface area contributed by atoms with Gasteiger partial charge in [0.15, 0.2) is 5.82 Å². The third kappa shape index (κ3) is 4.78. The first-order valence-corrected chi connectivity index (χ1v) is 11.6. The van der Waals surface area contributed by atoms with Crippen LogP contribution in [0.1, 0.15) is 23.7 Å². The molecule has 0 aliphatic carbocycles. The second-order valence-electron chi connectivity index (χ2n) is 8.54. The molecule has 10 nitrogen and oxygen atoms in total. The Hall–Kier alpha value is -4.05. The number of aromatic nitrogens is 5. The van der Waals surface area contributed by atoms with E-state index in [2.05, 4.69) is 31.8 Å². The number of pyridine rings is 1. The van der Waals surface area contributed by atoms with Crippen LogP contribution < -0.4 is 9.64 Å². The lowest BCUT2D eigenvalue weighted by molar-refractivity contribution is 0.0827. The van der Waals surface area contributed by atoms with Crippen molar-refractivity contribution in [2.75, 3.05) is 38.8 Å². The molecule has 0 saturated carbocycles. The van der Waals surface area contributed by atoms with Crippen molar-refractivity contribution in [3.05, 3.63) is 54.4 Å². The second kappa shape index (κ2) is 9.67. The molecular formula is C25H27N7O3. The van der Waals surface area contributed by atoms with Crippen molar-refractivity contribution in [1.29, 1.82) is 0 Å². The van der Waals surface area contributed by atoms with Gasteiger partial charge in [0.1, 0.15) is 11.4 Å². The predicted octanol–water partition coefficient (Wildman–Crippen LogP) is 3.52. The Morgan fingerprint density at radius 3 is 2.80 bits per heavy atom. The number of hydrogen-bond donors (Lipinski definition) is 1. The van der Waals surface area contributed by atoms with Crippen molar-refractivity contribution < 1.29 is 14.3 Å². The molecule has 0 spiro atoms. The van der Waals surface area contributed by atoms with E-state index >= 15 is 0 Å². The standard InChI is InChI=1S/C25H27N7O3/c1-4-19-15-34-12-11-32(19)24-28-22(18-13-17-9-10-26-21(17)27-14-18)29-25(30-24)35-20-7-5-16(6-8-20)23(33)31(2)3/h5-10,13-14,19H,4,11-12,15H2,1-3H3,(H,26,27)/t19-/m0/s1. The third-order valence-corrected chi connectivity index (χ3v) is 5.93. The normalized spacial score (nSPS) is 15.9. The second-order valence-corrected chi connectivity index (χ2v) is 8.54. The van der Waals surface area contributed by atoms with Gasteiger partial charge in [-0.3, -0.25) is 4.79 Å². The van der Waals surface area contributed by atoms with Crippen molar-refractivity contribution in [2.24, 2.45) is 0 Å². The van der Waals surface area contributed by atoms with Crippen molar-refractivity contribution in [3.8, 4) is 23.1 Å².